The van der Waals surface area contributed by atoms with E-state index in [1.807, 2.05) is 0 Å². The Morgan fingerprint density at radius 1 is 1.42 bits per heavy atom. The smallest absolute Gasteiger partial charge is 0.377 e. The highest BCUT2D eigenvalue weighted by Gasteiger charge is 2.70. The van der Waals surface area contributed by atoms with Crippen molar-refractivity contribution in [1.82, 2.24) is 9.55 Å². The molecule has 24 heavy (non-hydrogen) atoms. The number of aromatic nitrogens is 2. The van der Waals surface area contributed by atoms with Crippen LogP contribution in [0.5, 0.6) is 0 Å². The monoisotopic (exact) mass is 340 g/mol. The van der Waals surface area contributed by atoms with Crippen LogP contribution >= 0.6 is 0 Å². The van der Waals surface area contributed by atoms with Crippen LogP contribution in [0.1, 0.15) is 18.1 Å². The molecule has 6 unspecified atom stereocenters. The normalized spacial score (nSPS) is 36.7. The summed E-state index contributed by atoms with van der Waals surface area (Å²) in [6, 6.07) is 0. The lowest BCUT2D eigenvalue weighted by molar-refractivity contribution is -0.184. The van der Waals surface area contributed by atoms with E-state index in [1.165, 1.54) is 23.3 Å². The Morgan fingerprint density at radius 3 is 2.79 bits per heavy atom. The van der Waals surface area contributed by atoms with Crippen LogP contribution in [-0.2, 0) is 19.1 Å². The first-order valence-electron chi connectivity index (χ1n) is 7.60. The van der Waals surface area contributed by atoms with E-state index in [2.05, 4.69) is 4.98 Å². The highest BCUT2D eigenvalue weighted by molar-refractivity contribution is 5.90. The number of esters is 2. The molecule has 0 amide bonds. The SMILES string of the molecule is CC(F)(F)C(=O)OC1C2CC3C1OC(=O)C3C2C(=O)n1ccnc1. The Labute approximate surface area is 134 Å². The second-order valence-electron chi connectivity index (χ2n) is 6.58. The lowest BCUT2D eigenvalue weighted by Gasteiger charge is -2.31. The summed E-state index contributed by atoms with van der Waals surface area (Å²) in [6.45, 7) is 0.445. The molecule has 7 nitrogen and oxygen atoms in total. The van der Waals surface area contributed by atoms with Crippen molar-refractivity contribution >= 4 is 17.8 Å². The maximum absolute atomic E-state index is 13.1. The second kappa shape index (κ2) is 4.84. The van der Waals surface area contributed by atoms with E-state index in [1.54, 1.807) is 0 Å². The van der Waals surface area contributed by atoms with Crippen LogP contribution in [0.4, 0.5) is 8.78 Å². The number of rotatable bonds is 3. The third-order valence-electron chi connectivity index (χ3n) is 5.19. The number of carbonyl (C=O) groups is 3. The first-order chi connectivity index (χ1) is 11.3. The van der Waals surface area contributed by atoms with Gasteiger partial charge in [-0.3, -0.25) is 14.2 Å². The van der Waals surface area contributed by atoms with Crippen LogP contribution in [0.2, 0.25) is 0 Å². The summed E-state index contributed by atoms with van der Waals surface area (Å²) in [4.78, 5) is 40.1. The number of alkyl halides is 2. The van der Waals surface area contributed by atoms with Gasteiger partial charge in [-0.1, -0.05) is 0 Å². The molecule has 0 N–H and O–H groups in total. The topological polar surface area (TPSA) is 87.5 Å². The largest absolute Gasteiger partial charge is 0.458 e. The van der Waals surface area contributed by atoms with Gasteiger partial charge in [-0.05, 0) is 6.42 Å². The summed E-state index contributed by atoms with van der Waals surface area (Å²) in [5, 5.41) is 0. The Bertz CT molecular complexity index is 714. The van der Waals surface area contributed by atoms with Crippen molar-refractivity contribution in [1.29, 1.82) is 0 Å². The highest BCUT2D eigenvalue weighted by Crippen LogP contribution is 2.59. The minimum atomic E-state index is -3.65. The molecule has 128 valence electrons. The van der Waals surface area contributed by atoms with Gasteiger partial charge in [0.2, 0.25) is 5.91 Å². The van der Waals surface area contributed by atoms with Gasteiger partial charge < -0.3 is 9.47 Å². The molecule has 0 spiro atoms. The van der Waals surface area contributed by atoms with Gasteiger partial charge in [0.25, 0.3) is 0 Å². The van der Waals surface area contributed by atoms with E-state index in [9.17, 15) is 23.2 Å². The number of carbonyl (C=O) groups excluding carboxylic acids is 3. The number of nitrogens with zero attached hydrogens (tertiary/aromatic N) is 2. The molecular formula is C15H14F2N2O5. The summed E-state index contributed by atoms with van der Waals surface area (Å²) in [6.07, 6.45) is 2.86. The van der Waals surface area contributed by atoms with E-state index in [0.717, 1.165) is 0 Å². The lowest BCUT2D eigenvalue weighted by Crippen LogP contribution is -2.46. The summed E-state index contributed by atoms with van der Waals surface area (Å²) in [7, 11) is 0. The molecule has 6 atom stereocenters. The molecular weight excluding hydrogens is 326 g/mol. The molecule has 3 fully saturated rings. The summed E-state index contributed by atoms with van der Waals surface area (Å²) in [5.74, 6) is -8.41. The van der Waals surface area contributed by atoms with Crippen LogP contribution in [0, 0.1) is 23.7 Å². The van der Waals surface area contributed by atoms with Crippen molar-refractivity contribution in [3.8, 4) is 0 Å². The summed E-state index contributed by atoms with van der Waals surface area (Å²) < 4.78 is 37.7. The molecule has 0 aromatic carbocycles. The van der Waals surface area contributed by atoms with Gasteiger partial charge in [0.15, 0.2) is 0 Å². The fraction of sp³-hybridized carbons (Fsp3) is 0.600. The van der Waals surface area contributed by atoms with Crippen LogP contribution in [-0.4, -0.2) is 45.5 Å². The maximum atomic E-state index is 13.1. The number of hydrogen-bond acceptors (Lipinski definition) is 6. The van der Waals surface area contributed by atoms with Crippen LogP contribution in [0.3, 0.4) is 0 Å². The second-order valence-corrected chi connectivity index (χ2v) is 6.58. The van der Waals surface area contributed by atoms with Gasteiger partial charge in [-0.15, -0.1) is 0 Å². The zero-order valence-corrected chi connectivity index (χ0v) is 12.6. The molecule has 2 aliphatic carbocycles. The Morgan fingerprint density at radius 2 is 2.17 bits per heavy atom. The van der Waals surface area contributed by atoms with Crippen molar-refractivity contribution in [2.24, 2.45) is 23.7 Å². The average molecular weight is 340 g/mol. The fourth-order valence-corrected chi connectivity index (χ4v) is 4.27. The average Bonchev–Trinajstić information content (AvgIpc) is 3.23. The van der Waals surface area contributed by atoms with E-state index in [0.29, 0.717) is 13.3 Å². The number of ether oxygens (including phenoxy) is 2. The number of fused-ring (bicyclic) bond motifs is 1. The number of hydrogen-bond donors (Lipinski definition) is 0. The molecule has 3 aliphatic rings. The molecule has 0 radical (unpaired) electrons. The van der Waals surface area contributed by atoms with Gasteiger partial charge >= 0.3 is 17.9 Å². The third kappa shape index (κ3) is 1.99. The zero-order valence-electron chi connectivity index (χ0n) is 12.6. The predicted octanol–water partition coefficient (Wildman–Crippen LogP) is 0.898. The van der Waals surface area contributed by atoms with Crippen LogP contribution in [0.15, 0.2) is 18.7 Å². The Balaban J connectivity index is 1.64. The highest BCUT2D eigenvalue weighted by atomic mass is 19.3. The van der Waals surface area contributed by atoms with Gasteiger partial charge in [0, 0.05) is 31.2 Å². The van der Waals surface area contributed by atoms with Crippen molar-refractivity contribution in [2.45, 2.75) is 31.5 Å². The van der Waals surface area contributed by atoms with Crippen molar-refractivity contribution in [3.05, 3.63) is 18.7 Å². The molecule has 2 bridgehead atoms. The Kier molecular flexibility index (Phi) is 3.07. The van der Waals surface area contributed by atoms with Gasteiger partial charge in [0.1, 0.15) is 18.5 Å². The first kappa shape index (κ1) is 15.2. The zero-order chi connectivity index (χ0) is 17.2. The standard InChI is InChI=1S/C15H14F2N2O5/c1-15(16,17)14(22)24-11-6-4-7-9(13(21)23-10(7)11)8(6)12(20)19-3-2-18-5-19/h2-3,5-11H,4H2,1H3. The molecule has 2 heterocycles. The lowest BCUT2D eigenvalue weighted by atomic mass is 9.78. The minimum absolute atomic E-state index is 0.289. The van der Waals surface area contributed by atoms with Crippen LogP contribution in [0.25, 0.3) is 0 Å². The van der Waals surface area contributed by atoms with E-state index < -0.39 is 47.8 Å². The van der Waals surface area contributed by atoms with Gasteiger partial charge in [-0.2, -0.15) is 8.78 Å². The third-order valence-corrected chi connectivity index (χ3v) is 5.19. The molecule has 1 saturated heterocycles. The molecule has 2 saturated carbocycles. The van der Waals surface area contributed by atoms with E-state index in [4.69, 9.17) is 9.47 Å². The summed E-state index contributed by atoms with van der Waals surface area (Å²) in [5.41, 5.74) is 0. The van der Waals surface area contributed by atoms with Gasteiger partial charge in [0.05, 0.1) is 11.8 Å². The predicted molar refractivity (Wildman–Crippen MR) is 71.8 cm³/mol. The number of imidazole rings is 1. The van der Waals surface area contributed by atoms with Crippen molar-refractivity contribution in [2.75, 3.05) is 0 Å². The molecule has 1 aliphatic heterocycles. The van der Waals surface area contributed by atoms with Crippen molar-refractivity contribution in [3.63, 3.8) is 0 Å². The fourth-order valence-electron chi connectivity index (χ4n) is 4.27. The number of halogens is 2. The Hall–Kier alpha value is -2.32. The quantitative estimate of drug-likeness (QED) is 0.760. The van der Waals surface area contributed by atoms with E-state index in [-0.39, 0.29) is 11.8 Å². The van der Waals surface area contributed by atoms with Gasteiger partial charge in [-0.25, -0.2) is 9.78 Å². The maximum Gasteiger partial charge on any atom is 0.377 e. The summed E-state index contributed by atoms with van der Waals surface area (Å²) >= 11 is 0. The van der Waals surface area contributed by atoms with Crippen molar-refractivity contribution < 1.29 is 32.6 Å². The molecule has 1 aromatic rings. The molecule has 9 heteroatoms. The van der Waals surface area contributed by atoms with E-state index >= 15 is 0 Å². The molecule has 4 rings (SSSR count). The minimum Gasteiger partial charge on any atom is -0.458 e. The first-order valence-corrected chi connectivity index (χ1v) is 7.60. The molecule has 1 aromatic heterocycles. The van der Waals surface area contributed by atoms with Crippen LogP contribution < -0.4 is 0 Å².